The fourth-order valence-corrected chi connectivity index (χ4v) is 6.60. The minimum Gasteiger partial charge on any atom is -0.497 e. The SMILES string of the molecule is COc1ccc(CN2[C@H]3CC[C@@H]2[C@H](NC(=O)C2CCCN(c4cc(Cl)cc(Cl)c4)CC2)C3)cc1. The Morgan fingerprint density at radius 1 is 1.03 bits per heavy atom. The highest BCUT2D eigenvalue weighted by Crippen LogP contribution is 2.39. The van der Waals surface area contributed by atoms with Crippen LogP contribution in [0.3, 0.4) is 0 Å². The predicted molar refractivity (Wildman–Crippen MR) is 138 cm³/mol. The van der Waals surface area contributed by atoms with Crippen molar-refractivity contribution in [2.45, 2.75) is 63.2 Å². The second-order valence-electron chi connectivity index (χ2n) is 9.91. The Kier molecular flexibility index (Phi) is 7.24. The Bertz CT molecular complexity index is 995. The standard InChI is InChI=1S/C27H33Cl2N3O2/c1-34-24-7-4-18(5-8-24)17-32-22-6-9-26(32)25(16-22)30-27(33)19-3-2-11-31(12-10-19)23-14-20(28)13-21(29)15-23/h4-5,7-8,13-15,19,22,25-26H,2-3,6,9-12,16-17H2,1H3,(H,30,33)/t19?,22-,25+,26+/m0/s1. The van der Waals surface area contributed by atoms with Gasteiger partial charge in [0.15, 0.2) is 0 Å². The number of nitrogens with zero attached hydrogens (tertiary/aromatic N) is 2. The van der Waals surface area contributed by atoms with E-state index in [4.69, 9.17) is 27.9 Å². The maximum absolute atomic E-state index is 13.3. The van der Waals surface area contributed by atoms with E-state index in [1.807, 2.05) is 24.3 Å². The maximum atomic E-state index is 13.3. The van der Waals surface area contributed by atoms with Gasteiger partial charge in [0.2, 0.25) is 5.91 Å². The van der Waals surface area contributed by atoms with E-state index in [2.05, 4.69) is 27.2 Å². The van der Waals surface area contributed by atoms with Crippen LogP contribution in [-0.4, -0.2) is 49.1 Å². The van der Waals surface area contributed by atoms with Gasteiger partial charge < -0.3 is 15.0 Å². The number of fused-ring (bicyclic) bond motifs is 2. The number of benzene rings is 2. The molecule has 3 aliphatic heterocycles. The average molecular weight is 502 g/mol. The van der Waals surface area contributed by atoms with Gasteiger partial charge in [-0.15, -0.1) is 0 Å². The van der Waals surface area contributed by atoms with Gasteiger partial charge >= 0.3 is 0 Å². The molecule has 0 spiro atoms. The molecule has 7 heteroatoms. The quantitative estimate of drug-likeness (QED) is 0.564. The van der Waals surface area contributed by atoms with Crippen molar-refractivity contribution in [1.29, 1.82) is 0 Å². The highest BCUT2D eigenvalue weighted by atomic mass is 35.5. The van der Waals surface area contributed by atoms with Crippen LogP contribution < -0.4 is 15.0 Å². The third-order valence-electron chi connectivity index (χ3n) is 7.84. The molecule has 5 rings (SSSR count). The summed E-state index contributed by atoms with van der Waals surface area (Å²) in [5, 5.41) is 4.75. The van der Waals surface area contributed by atoms with E-state index >= 15 is 0 Å². The molecule has 3 aliphatic rings. The van der Waals surface area contributed by atoms with Gasteiger partial charge in [-0.2, -0.15) is 0 Å². The Hall–Kier alpha value is -1.95. The zero-order valence-corrected chi connectivity index (χ0v) is 21.2. The van der Waals surface area contributed by atoms with E-state index in [1.54, 1.807) is 13.2 Å². The number of anilines is 1. The van der Waals surface area contributed by atoms with Crippen LogP contribution in [0.1, 0.15) is 44.1 Å². The molecule has 1 N–H and O–H groups in total. The van der Waals surface area contributed by atoms with E-state index in [-0.39, 0.29) is 17.9 Å². The van der Waals surface area contributed by atoms with Crippen molar-refractivity contribution in [3.63, 3.8) is 0 Å². The van der Waals surface area contributed by atoms with E-state index in [9.17, 15) is 4.79 Å². The number of amides is 1. The molecule has 2 aromatic rings. The zero-order chi connectivity index (χ0) is 23.7. The number of nitrogens with one attached hydrogen (secondary N) is 1. The summed E-state index contributed by atoms with van der Waals surface area (Å²) >= 11 is 12.4. The van der Waals surface area contributed by atoms with Crippen molar-refractivity contribution >= 4 is 34.8 Å². The van der Waals surface area contributed by atoms with Crippen molar-refractivity contribution in [2.24, 2.45) is 5.92 Å². The summed E-state index contributed by atoms with van der Waals surface area (Å²) in [5.74, 6) is 1.18. The molecule has 34 heavy (non-hydrogen) atoms. The van der Waals surface area contributed by atoms with Crippen molar-refractivity contribution < 1.29 is 9.53 Å². The minimum atomic E-state index is 0.0637. The topological polar surface area (TPSA) is 44.8 Å². The first-order valence-corrected chi connectivity index (χ1v) is 13.2. The first-order valence-electron chi connectivity index (χ1n) is 12.4. The van der Waals surface area contributed by atoms with Crippen molar-refractivity contribution in [1.82, 2.24) is 10.2 Å². The summed E-state index contributed by atoms with van der Waals surface area (Å²) in [6, 6.07) is 15.3. The number of halogens is 2. The number of carbonyl (C=O) groups excluding carboxylic acids is 1. The lowest BCUT2D eigenvalue weighted by atomic mass is 9.93. The Morgan fingerprint density at radius 3 is 2.53 bits per heavy atom. The van der Waals surface area contributed by atoms with Crippen LogP contribution in [0.25, 0.3) is 0 Å². The zero-order valence-electron chi connectivity index (χ0n) is 19.7. The summed E-state index contributed by atoms with van der Waals surface area (Å²) in [7, 11) is 1.70. The molecular weight excluding hydrogens is 469 g/mol. The normalized spacial score (nSPS) is 27.0. The molecule has 4 atom stereocenters. The van der Waals surface area contributed by atoms with E-state index in [0.29, 0.717) is 22.1 Å². The van der Waals surface area contributed by atoms with Gasteiger partial charge in [0.25, 0.3) is 0 Å². The van der Waals surface area contributed by atoms with E-state index in [1.165, 1.54) is 18.4 Å². The van der Waals surface area contributed by atoms with Crippen molar-refractivity contribution in [3.05, 3.63) is 58.1 Å². The predicted octanol–water partition coefficient (Wildman–Crippen LogP) is 5.53. The number of ether oxygens (including phenoxy) is 1. The Labute approximate surface area is 212 Å². The summed E-state index contributed by atoms with van der Waals surface area (Å²) < 4.78 is 5.29. The minimum absolute atomic E-state index is 0.0637. The number of hydrogen-bond donors (Lipinski definition) is 1. The lowest BCUT2D eigenvalue weighted by molar-refractivity contribution is -0.126. The Morgan fingerprint density at radius 2 is 1.79 bits per heavy atom. The average Bonchev–Trinajstić information content (AvgIpc) is 3.22. The third-order valence-corrected chi connectivity index (χ3v) is 8.28. The fraction of sp³-hybridized carbons (Fsp3) is 0.519. The van der Waals surface area contributed by atoms with Crippen LogP contribution in [0.15, 0.2) is 42.5 Å². The highest BCUT2D eigenvalue weighted by Gasteiger charge is 2.46. The second kappa shape index (κ2) is 10.3. The number of methoxy groups -OCH3 is 1. The summed E-state index contributed by atoms with van der Waals surface area (Å²) in [5.41, 5.74) is 2.34. The van der Waals surface area contributed by atoms with Crippen molar-refractivity contribution in [3.8, 4) is 5.75 Å². The molecule has 3 fully saturated rings. The molecule has 0 saturated carbocycles. The lowest BCUT2D eigenvalue weighted by Gasteiger charge is -2.27. The number of rotatable bonds is 6. The van der Waals surface area contributed by atoms with E-state index in [0.717, 1.165) is 56.8 Å². The van der Waals surface area contributed by atoms with Crippen LogP contribution in [0.4, 0.5) is 5.69 Å². The largest absolute Gasteiger partial charge is 0.497 e. The smallest absolute Gasteiger partial charge is 0.223 e. The van der Waals surface area contributed by atoms with Crippen LogP contribution in [-0.2, 0) is 11.3 Å². The second-order valence-corrected chi connectivity index (χ2v) is 10.8. The fourth-order valence-electron chi connectivity index (χ4n) is 6.08. The number of hydrogen-bond acceptors (Lipinski definition) is 4. The van der Waals surface area contributed by atoms with Crippen LogP contribution >= 0.6 is 23.2 Å². The lowest BCUT2D eigenvalue weighted by Crippen LogP contribution is -2.46. The van der Waals surface area contributed by atoms with Gasteiger partial charge in [-0.3, -0.25) is 9.69 Å². The molecule has 1 unspecified atom stereocenters. The summed E-state index contributed by atoms with van der Waals surface area (Å²) in [6.07, 6.45) is 6.22. The monoisotopic (exact) mass is 501 g/mol. The van der Waals surface area contributed by atoms with Gasteiger partial charge in [-0.25, -0.2) is 0 Å². The molecule has 3 heterocycles. The van der Waals surface area contributed by atoms with Gasteiger partial charge in [-0.05, 0) is 74.4 Å². The van der Waals surface area contributed by atoms with Crippen LogP contribution in [0.2, 0.25) is 10.0 Å². The van der Waals surface area contributed by atoms with Crippen molar-refractivity contribution in [2.75, 3.05) is 25.1 Å². The maximum Gasteiger partial charge on any atom is 0.223 e. The molecule has 0 aliphatic carbocycles. The van der Waals surface area contributed by atoms with Crippen LogP contribution in [0.5, 0.6) is 5.75 Å². The van der Waals surface area contributed by atoms with Gasteiger partial charge in [0.05, 0.1) is 7.11 Å². The number of carbonyl (C=O) groups is 1. The molecule has 3 saturated heterocycles. The first-order chi connectivity index (χ1) is 16.5. The molecule has 1 amide bonds. The van der Waals surface area contributed by atoms with E-state index < -0.39 is 0 Å². The molecular formula is C27H33Cl2N3O2. The molecule has 5 nitrogen and oxygen atoms in total. The molecule has 182 valence electrons. The highest BCUT2D eigenvalue weighted by molar-refractivity contribution is 6.35. The third kappa shape index (κ3) is 5.17. The summed E-state index contributed by atoms with van der Waals surface area (Å²) in [4.78, 5) is 18.2. The molecule has 0 radical (unpaired) electrons. The van der Waals surface area contributed by atoms with Gasteiger partial charge in [0.1, 0.15) is 5.75 Å². The summed E-state index contributed by atoms with van der Waals surface area (Å²) in [6.45, 7) is 2.70. The Balaban J connectivity index is 1.17. The molecule has 2 bridgehead atoms. The molecule has 0 aromatic heterocycles. The van der Waals surface area contributed by atoms with Gasteiger partial charge in [0, 0.05) is 59.4 Å². The van der Waals surface area contributed by atoms with Gasteiger partial charge in [-0.1, -0.05) is 35.3 Å². The first kappa shape index (κ1) is 23.8. The van der Waals surface area contributed by atoms with Crippen LogP contribution in [0, 0.1) is 5.92 Å². The molecule has 2 aromatic carbocycles.